The van der Waals surface area contributed by atoms with Gasteiger partial charge in [-0.15, -0.1) is 0 Å². The van der Waals surface area contributed by atoms with Crippen LogP contribution in [0.1, 0.15) is 19.3 Å². The molecular weight excluding hydrogens is 274 g/mol. The predicted octanol–water partition coefficient (Wildman–Crippen LogP) is 3.24. The van der Waals surface area contributed by atoms with E-state index < -0.39 is 6.10 Å². The van der Waals surface area contributed by atoms with Gasteiger partial charge in [-0.3, -0.25) is 0 Å². The van der Waals surface area contributed by atoms with Crippen molar-refractivity contribution in [1.82, 2.24) is 5.32 Å². The zero-order valence-corrected chi connectivity index (χ0v) is 12.7. The van der Waals surface area contributed by atoms with Gasteiger partial charge in [0.15, 0.2) is 0 Å². The van der Waals surface area contributed by atoms with Crippen molar-refractivity contribution in [3.8, 4) is 16.9 Å². The van der Waals surface area contributed by atoms with Gasteiger partial charge in [-0.1, -0.05) is 48.9 Å². The van der Waals surface area contributed by atoms with Gasteiger partial charge in [0.05, 0.1) is 0 Å². The van der Waals surface area contributed by atoms with Crippen molar-refractivity contribution in [1.29, 1.82) is 0 Å². The van der Waals surface area contributed by atoms with Crippen molar-refractivity contribution in [2.75, 3.05) is 13.2 Å². The number of aliphatic hydroxyl groups is 1. The third-order valence-electron chi connectivity index (χ3n) is 4.20. The molecule has 0 aliphatic carbocycles. The molecular formula is C19H23NO2. The molecule has 1 fully saturated rings. The number of piperidine rings is 1. The lowest BCUT2D eigenvalue weighted by Gasteiger charge is -2.27. The van der Waals surface area contributed by atoms with Crippen LogP contribution in [0, 0.1) is 0 Å². The molecule has 0 spiro atoms. The molecule has 0 bridgehead atoms. The van der Waals surface area contributed by atoms with Crippen LogP contribution in [0.15, 0.2) is 54.6 Å². The van der Waals surface area contributed by atoms with Crippen LogP contribution < -0.4 is 10.1 Å². The highest BCUT2D eigenvalue weighted by molar-refractivity contribution is 5.63. The minimum Gasteiger partial charge on any atom is -0.491 e. The Morgan fingerprint density at radius 2 is 1.73 bits per heavy atom. The fourth-order valence-corrected chi connectivity index (χ4v) is 2.88. The summed E-state index contributed by atoms with van der Waals surface area (Å²) in [4.78, 5) is 0. The van der Waals surface area contributed by atoms with Crippen LogP contribution in [-0.2, 0) is 0 Å². The van der Waals surface area contributed by atoms with Gasteiger partial charge in [-0.2, -0.15) is 0 Å². The number of ether oxygens (including phenoxy) is 1. The Bertz CT molecular complexity index is 562. The molecule has 1 saturated heterocycles. The minimum absolute atomic E-state index is 0.164. The van der Waals surface area contributed by atoms with Crippen molar-refractivity contribution in [3.63, 3.8) is 0 Å². The maximum atomic E-state index is 10.2. The van der Waals surface area contributed by atoms with E-state index in [1.54, 1.807) is 0 Å². The van der Waals surface area contributed by atoms with Crippen LogP contribution in [0.25, 0.3) is 11.1 Å². The van der Waals surface area contributed by atoms with Crippen LogP contribution in [-0.4, -0.2) is 30.4 Å². The van der Waals surface area contributed by atoms with E-state index in [4.69, 9.17) is 4.74 Å². The molecule has 1 heterocycles. The SMILES string of the molecule is OC(COc1ccc(-c2ccccc2)cc1)C1CCCCN1. The number of hydrogen-bond acceptors (Lipinski definition) is 3. The largest absolute Gasteiger partial charge is 0.491 e. The summed E-state index contributed by atoms with van der Waals surface area (Å²) in [5, 5.41) is 13.5. The molecule has 0 aromatic heterocycles. The lowest BCUT2D eigenvalue weighted by Crippen LogP contribution is -2.45. The molecule has 22 heavy (non-hydrogen) atoms. The van der Waals surface area contributed by atoms with Crippen molar-refractivity contribution in [3.05, 3.63) is 54.6 Å². The highest BCUT2D eigenvalue weighted by Gasteiger charge is 2.21. The smallest absolute Gasteiger partial charge is 0.119 e. The van der Waals surface area contributed by atoms with Crippen LogP contribution in [0.4, 0.5) is 0 Å². The van der Waals surface area contributed by atoms with Crippen molar-refractivity contribution in [2.45, 2.75) is 31.4 Å². The standard InChI is InChI=1S/C19H23NO2/c21-19(18-8-4-5-13-20-18)14-22-17-11-9-16(10-12-17)15-6-2-1-3-7-15/h1-3,6-7,9-12,18-21H,4-5,8,13-14H2. The second-order valence-electron chi connectivity index (χ2n) is 5.83. The van der Waals surface area contributed by atoms with Crippen molar-refractivity contribution in [2.24, 2.45) is 0 Å². The van der Waals surface area contributed by atoms with E-state index in [2.05, 4.69) is 29.6 Å². The molecule has 2 aromatic carbocycles. The van der Waals surface area contributed by atoms with Gasteiger partial charge in [0, 0.05) is 6.04 Å². The number of nitrogens with one attached hydrogen (secondary N) is 1. The number of benzene rings is 2. The summed E-state index contributed by atoms with van der Waals surface area (Å²) in [5.41, 5.74) is 2.36. The molecule has 3 rings (SSSR count). The number of hydrogen-bond donors (Lipinski definition) is 2. The first-order valence-electron chi connectivity index (χ1n) is 8.03. The summed E-state index contributed by atoms with van der Waals surface area (Å²) in [7, 11) is 0. The molecule has 0 saturated carbocycles. The summed E-state index contributed by atoms with van der Waals surface area (Å²) in [6.45, 7) is 1.33. The van der Waals surface area contributed by atoms with Crippen LogP contribution in [0.2, 0.25) is 0 Å². The Labute approximate surface area is 131 Å². The van der Waals surface area contributed by atoms with E-state index in [1.165, 1.54) is 24.0 Å². The Balaban J connectivity index is 1.55. The predicted molar refractivity (Wildman–Crippen MR) is 89.0 cm³/mol. The van der Waals surface area contributed by atoms with Crippen LogP contribution >= 0.6 is 0 Å². The molecule has 1 aliphatic rings. The molecule has 0 amide bonds. The van der Waals surface area contributed by atoms with E-state index in [0.717, 1.165) is 18.7 Å². The molecule has 3 heteroatoms. The zero-order valence-electron chi connectivity index (χ0n) is 12.7. The second-order valence-corrected chi connectivity index (χ2v) is 5.83. The average molecular weight is 297 g/mol. The summed E-state index contributed by atoms with van der Waals surface area (Å²) >= 11 is 0. The summed E-state index contributed by atoms with van der Waals surface area (Å²) < 4.78 is 5.72. The van der Waals surface area contributed by atoms with Crippen molar-refractivity contribution < 1.29 is 9.84 Å². The van der Waals surface area contributed by atoms with E-state index in [0.29, 0.717) is 6.61 Å². The number of rotatable bonds is 5. The van der Waals surface area contributed by atoms with E-state index in [-0.39, 0.29) is 6.04 Å². The van der Waals surface area contributed by atoms with Gasteiger partial charge >= 0.3 is 0 Å². The molecule has 2 atom stereocenters. The summed E-state index contributed by atoms with van der Waals surface area (Å²) in [6.07, 6.45) is 2.96. The molecule has 2 unspecified atom stereocenters. The fourth-order valence-electron chi connectivity index (χ4n) is 2.88. The normalized spacial score (nSPS) is 19.6. The molecule has 3 nitrogen and oxygen atoms in total. The molecule has 0 radical (unpaired) electrons. The van der Waals surface area contributed by atoms with Gasteiger partial charge in [-0.25, -0.2) is 0 Å². The quantitative estimate of drug-likeness (QED) is 0.890. The first-order valence-corrected chi connectivity index (χ1v) is 8.03. The average Bonchev–Trinajstić information content (AvgIpc) is 2.61. The second kappa shape index (κ2) is 7.43. The lowest BCUT2D eigenvalue weighted by atomic mass is 10.0. The Kier molecular flexibility index (Phi) is 5.09. The first-order chi connectivity index (χ1) is 10.8. The van der Waals surface area contributed by atoms with Crippen LogP contribution in [0.3, 0.4) is 0 Å². The highest BCUT2D eigenvalue weighted by Crippen LogP contribution is 2.22. The Hall–Kier alpha value is -1.84. The summed E-state index contributed by atoms with van der Waals surface area (Å²) in [5.74, 6) is 0.801. The topological polar surface area (TPSA) is 41.5 Å². The van der Waals surface area contributed by atoms with E-state index >= 15 is 0 Å². The monoisotopic (exact) mass is 297 g/mol. The molecule has 2 aromatic rings. The van der Waals surface area contributed by atoms with E-state index in [9.17, 15) is 5.11 Å². The molecule has 1 aliphatic heterocycles. The van der Waals surface area contributed by atoms with Gasteiger partial charge in [-0.05, 0) is 42.6 Å². The fraction of sp³-hybridized carbons (Fsp3) is 0.368. The third-order valence-corrected chi connectivity index (χ3v) is 4.20. The third kappa shape index (κ3) is 3.87. The molecule has 2 N–H and O–H groups in total. The Morgan fingerprint density at radius 3 is 2.41 bits per heavy atom. The first kappa shape index (κ1) is 15.1. The van der Waals surface area contributed by atoms with Gasteiger partial charge in [0.25, 0.3) is 0 Å². The highest BCUT2D eigenvalue weighted by atomic mass is 16.5. The maximum absolute atomic E-state index is 10.2. The van der Waals surface area contributed by atoms with Crippen molar-refractivity contribution >= 4 is 0 Å². The van der Waals surface area contributed by atoms with E-state index in [1.807, 2.05) is 30.3 Å². The maximum Gasteiger partial charge on any atom is 0.119 e. The summed E-state index contributed by atoms with van der Waals surface area (Å²) in [6, 6.07) is 18.5. The lowest BCUT2D eigenvalue weighted by molar-refractivity contribution is 0.0639. The number of aliphatic hydroxyl groups excluding tert-OH is 1. The Morgan fingerprint density at radius 1 is 1.00 bits per heavy atom. The molecule has 116 valence electrons. The van der Waals surface area contributed by atoms with Gasteiger partial charge in [0.2, 0.25) is 0 Å². The van der Waals surface area contributed by atoms with Crippen LogP contribution in [0.5, 0.6) is 5.75 Å². The minimum atomic E-state index is -0.450. The zero-order chi connectivity index (χ0) is 15.2. The van der Waals surface area contributed by atoms with Gasteiger partial charge < -0.3 is 15.2 Å². The van der Waals surface area contributed by atoms with Gasteiger partial charge in [0.1, 0.15) is 18.5 Å².